The highest BCUT2D eigenvalue weighted by atomic mass is 32.2. The number of nitrogens with zero attached hydrogens (tertiary/aromatic N) is 3. The Hall–Kier alpha value is -4.22. The van der Waals surface area contributed by atoms with Gasteiger partial charge < -0.3 is 18.8 Å². The van der Waals surface area contributed by atoms with Crippen molar-refractivity contribution in [1.82, 2.24) is 19.1 Å². The fourth-order valence-corrected chi connectivity index (χ4v) is 8.38. The molecule has 2 aromatic carbocycles. The number of ether oxygens (including phenoxy) is 3. The van der Waals surface area contributed by atoms with Crippen LogP contribution in [0, 0.1) is 0 Å². The fraction of sp³-hybridized carbons (Fsp3) is 0.462. The zero-order chi connectivity index (χ0) is 34.9. The lowest BCUT2D eigenvalue weighted by Crippen LogP contribution is -2.30. The zero-order valence-electron chi connectivity index (χ0n) is 29.3. The molecular weight excluding hydrogens is 653 g/mol. The molecule has 1 saturated carbocycles. The molecule has 2 aromatic heterocycles. The third-order valence-electron chi connectivity index (χ3n) is 10.3. The molecule has 2 fully saturated rings. The van der Waals surface area contributed by atoms with E-state index < -0.39 is 17.0 Å². The lowest BCUT2D eigenvalue weighted by atomic mass is 9.81. The lowest BCUT2D eigenvalue weighted by Gasteiger charge is -2.25. The van der Waals surface area contributed by atoms with Gasteiger partial charge in [-0.05, 0) is 105 Å². The number of hydrogen-bond acceptors (Lipinski definition) is 7. The Labute approximate surface area is 295 Å². The molecule has 4 aromatic rings. The Kier molecular flexibility index (Phi) is 9.97. The van der Waals surface area contributed by atoms with Gasteiger partial charge in [-0.1, -0.05) is 25.3 Å². The van der Waals surface area contributed by atoms with Crippen LogP contribution in [0.3, 0.4) is 0 Å². The normalized spacial score (nSPS) is 17.5. The van der Waals surface area contributed by atoms with E-state index in [0.29, 0.717) is 36.8 Å². The summed E-state index contributed by atoms with van der Waals surface area (Å²) in [5.74, 6) is 0.318. The summed E-state index contributed by atoms with van der Waals surface area (Å²) in [5, 5.41) is 5.72. The molecule has 2 aliphatic heterocycles. The van der Waals surface area contributed by atoms with Gasteiger partial charge >= 0.3 is 5.97 Å². The van der Waals surface area contributed by atoms with Gasteiger partial charge in [0.1, 0.15) is 22.3 Å². The lowest BCUT2D eigenvalue weighted by molar-refractivity contribution is 0.0524. The van der Waals surface area contributed by atoms with Crippen LogP contribution >= 0.6 is 0 Å². The van der Waals surface area contributed by atoms with Gasteiger partial charge in [0.05, 0.1) is 43.9 Å². The molecule has 0 spiro atoms. The Morgan fingerprint density at radius 1 is 1.04 bits per heavy atom. The Bertz CT molecular complexity index is 1980. The predicted octanol–water partition coefficient (Wildman–Crippen LogP) is 7.45. The summed E-state index contributed by atoms with van der Waals surface area (Å²) in [6.45, 7) is 7.38. The molecule has 50 heavy (non-hydrogen) atoms. The SMILES string of the molecule is CCOC(=O)c1cnn(C2CCOCC2)c1C1=Cc2cc(OC)ccc2-c2c(C3CCCCC3)c3ccc(C(=O)NS(=O)C(C)C)cc3n2C1. The van der Waals surface area contributed by atoms with Crippen LogP contribution in [0.15, 0.2) is 42.6 Å². The van der Waals surface area contributed by atoms with Gasteiger partial charge in [-0.2, -0.15) is 5.10 Å². The monoisotopic (exact) mass is 698 g/mol. The molecule has 10 nitrogen and oxygen atoms in total. The molecule has 1 amide bonds. The molecule has 11 heteroatoms. The summed E-state index contributed by atoms with van der Waals surface area (Å²) in [4.78, 5) is 27.0. The number of aromatic nitrogens is 3. The maximum atomic E-state index is 13.5. The first kappa shape index (κ1) is 34.2. The molecular formula is C39H46N4O6S. The van der Waals surface area contributed by atoms with Gasteiger partial charge in [-0.25, -0.2) is 9.00 Å². The molecule has 7 rings (SSSR count). The molecule has 1 N–H and O–H groups in total. The molecule has 0 bridgehead atoms. The Morgan fingerprint density at radius 3 is 2.54 bits per heavy atom. The van der Waals surface area contributed by atoms with E-state index in [-0.39, 0.29) is 23.8 Å². The standard InChI is InChI=1S/C39H46N4O6S/c1-5-49-39(45)33-22-40-43(29-15-17-48-18-16-29)36(33)28-19-27-20-30(47-4)12-14-31(27)37-35(25-9-7-6-8-10-25)32-13-11-26(21-34(32)42(37)23-28)38(44)41-50(46)24(2)3/h11-14,19-22,24-25,29H,5-10,15-18,23H2,1-4H3,(H,41,44). The summed E-state index contributed by atoms with van der Waals surface area (Å²) in [5.41, 5.74) is 7.91. The van der Waals surface area contributed by atoms with Gasteiger partial charge in [-0.3, -0.25) is 14.2 Å². The molecule has 1 saturated heterocycles. The number of hydrogen-bond donors (Lipinski definition) is 1. The highest BCUT2D eigenvalue weighted by molar-refractivity contribution is 7.84. The van der Waals surface area contributed by atoms with E-state index in [0.717, 1.165) is 70.4 Å². The van der Waals surface area contributed by atoms with Crippen molar-refractivity contribution >= 4 is 45.4 Å². The van der Waals surface area contributed by atoms with Crippen molar-refractivity contribution in [3.05, 3.63) is 70.5 Å². The highest BCUT2D eigenvalue weighted by Gasteiger charge is 2.33. The number of nitrogens with one attached hydrogen (secondary N) is 1. The highest BCUT2D eigenvalue weighted by Crippen LogP contribution is 2.48. The van der Waals surface area contributed by atoms with Crippen molar-refractivity contribution in [3.63, 3.8) is 0 Å². The van der Waals surface area contributed by atoms with E-state index in [1.54, 1.807) is 13.3 Å². The summed E-state index contributed by atoms with van der Waals surface area (Å²) < 4.78 is 36.6. The largest absolute Gasteiger partial charge is 0.497 e. The first-order valence-corrected chi connectivity index (χ1v) is 19.1. The average Bonchev–Trinajstić information content (AvgIpc) is 3.67. The predicted molar refractivity (Wildman–Crippen MR) is 196 cm³/mol. The number of carbonyl (C=O) groups excluding carboxylic acids is 2. The van der Waals surface area contributed by atoms with Gasteiger partial charge in [0.25, 0.3) is 5.91 Å². The van der Waals surface area contributed by atoms with Crippen LogP contribution in [-0.2, 0) is 27.0 Å². The summed E-state index contributed by atoms with van der Waals surface area (Å²) in [7, 11) is 0.169. The number of esters is 1. The number of rotatable bonds is 9. The smallest absolute Gasteiger partial charge is 0.341 e. The second-order valence-electron chi connectivity index (χ2n) is 13.7. The quantitative estimate of drug-likeness (QED) is 0.181. The maximum Gasteiger partial charge on any atom is 0.341 e. The van der Waals surface area contributed by atoms with E-state index in [1.165, 1.54) is 24.8 Å². The van der Waals surface area contributed by atoms with E-state index >= 15 is 0 Å². The minimum atomic E-state index is -1.50. The van der Waals surface area contributed by atoms with Crippen LogP contribution in [0.25, 0.3) is 33.8 Å². The molecule has 1 atom stereocenters. The molecule has 1 aliphatic carbocycles. The van der Waals surface area contributed by atoms with Crippen LogP contribution in [-0.4, -0.2) is 62.6 Å². The third kappa shape index (κ3) is 6.41. The Balaban J connectivity index is 1.48. The zero-order valence-corrected chi connectivity index (χ0v) is 30.1. The minimum absolute atomic E-state index is 0.0617. The van der Waals surface area contributed by atoms with E-state index in [4.69, 9.17) is 19.3 Å². The van der Waals surface area contributed by atoms with E-state index in [2.05, 4.69) is 33.6 Å². The summed E-state index contributed by atoms with van der Waals surface area (Å²) in [6, 6.07) is 12.1. The second-order valence-corrected chi connectivity index (χ2v) is 15.5. The number of carbonyl (C=O) groups is 2. The van der Waals surface area contributed by atoms with Crippen LogP contribution in [0.1, 0.15) is 115 Å². The van der Waals surface area contributed by atoms with Crippen LogP contribution in [0.4, 0.5) is 0 Å². The topological polar surface area (TPSA) is 114 Å². The number of allylic oxidation sites excluding steroid dienone is 1. The fourth-order valence-electron chi connectivity index (χ4n) is 7.84. The van der Waals surface area contributed by atoms with Crippen molar-refractivity contribution in [3.8, 4) is 17.0 Å². The van der Waals surface area contributed by atoms with Crippen molar-refractivity contribution in [1.29, 1.82) is 0 Å². The van der Waals surface area contributed by atoms with Crippen molar-refractivity contribution in [2.24, 2.45) is 0 Å². The van der Waals surface area contributed by atoms with Crippen LogP contribution < -0.4 is 9.46 Å². The van der Waals surface area contributed by atoms with Crippen molar-refractivity contribution in [2.45, 2.75) is 89.5 Å². The van der Waals surface area contributed by atoms with E-state index in [1.807, 2.05) is 43.7 Å². The summed E-state index contributed by atoms with van der Waals surface area (Å²) >= 11 is 0. The Morgan fingerprint density at radius 2 is 1.82 bits per heavy atom. The van der Waals surface area contributed by atoms with Crippen LogP contribution in [0.2, 0.25) is 0 Å². The first-order chi connectivity index (χ1) is 24.3. The number of amides is 1. The number of fused-ring (bicyclic) bond motifs is 5. The van der Waals surface area contributed by atoms with Crippen molar-refractivity contribution in [2.75, 3.05) is 26.9 Å². The molecule has 0 radical (unpaired) electrons. The van der Waals surface area contributed by atoms with Gasteiger partial charge in [-0.15, -0.1) is 0 Å². The van der Waals surface area contributed by atoms with E-state index in [9.17, 15) is 13.8 Å². The molecule has 264 valence electrons. The molecule has 1 unspecified atom stereocenters. The summed E-state index contributed by atoms with van der Waals surface area (Å²) in [6.07, 6.45) is 11.1. The third-order valence-corrected chi connectivity index (χ3v) is 11.5. The van der Waals surface area contributed by atoms with Gasteiger partial charge in [0, 0.05) is 40.5 Å². The van der Waals surface area contributed by atoms with Crippen LogP contribution in [0.5, 0.6) is 5.75 Å². The molecule has 4 heterocycles. The first-order valence-electron chi connectivity index (χ1n) is 17.9. The minimum Gasteiger partial charge on any atom is -0.497 e. The number of methoxy groups -OCH3 is 1. The second kappa shape index (κ2) is 14.6. The molecule has 3 aliphatic rings. The van der Waals surface area contributed by atoms with Crippen molar-refractivity contribution < 1.29 is 28.0 Å². The van der Waals surface area contributed by atoms with Gasteiger partial charge in [0.15, 0.2) is 0 Å². The van der Waals surface area contributed by atoms with Gasteiger partial charge in [0.2, 0.25) is 0 Å². The average molecular weight is 699 g/mol. The number of benzene rings is 2. The maximum absolute atomic E-state index is 13.5.